The fraction of sp³-hybridized carbons (Fsp3) is 0.333. The first kappa shape index (κ1) is 8.87. The Kier molecular flexibility index (Phi) is 1.98. The van der Waals surface area contributed by atoms with Crippen molar-refractivity contribution in [3.8, 4) is 0 Å². The van der Waals surface area contributed by atoms with Gasteiger partial charge in [0.25, 0.3) is 0 Å². The molecule has 70 valence electrons. The van der Waals surface area contributed by atoms with Gasteiger partial charge in [-0.25, -0.2) is 4.21 Å². The maximum atomic E-state index is 11.4. The molecular formula is C9H11NO2S. The second-order valence-electron chi connectivity index (χ2n) is 3.54. The highest BCUT2D eigenvalue weighted by Crippen LogP contribution is 2.30. The van der Waals surface area contributed by atoms with Gasteiger partial charge in [0.05, 0.1) is 10.4 Å². The van der Waals surface area contributed by atoms with Crippen molar-refractivity contribution >= 4 is 11.1 Å². The van der Waals surface area contributed by atoms with Gasteiger partial charge in [0, 0.05) is 0 Å². The van der Waals surface area contributed by atoms with Crippen LogP contribution in [-0.2, 0) is 20.9 Å². The van der Waals surface area contributed by atoms with E-state index < -0.39 is 11.1 Å². The average molecular weight is 197 g/mol. The monoisotopic (exact) mass is 197 g/mol. The number of benzene rings is 1. The molecule has 1 heterocycles. The maximum Gasteiger partial charge on any atom is 0.206 e. The van der Waals surface area contributed by atoms with Gasteiger partial charge in [0.15, 0.2) is 0 Å². The Morgan fingerprint density at radius 1 is 1.38 bits per heavy atom. The predicted octanol–water partition coefficient (Wildman–Crippen LogP) is 1.48. The van der Waals surface area contributed by atoms with Crippen LogP contribution in [0.5, 0.6) is 0 Å². The van der Waals surface area contributed by atoms with Gasteiger partial charge < -0.3 is 0 Å². The van der Waals surface area contributed by atoms with Gasteiger partial charge in [-0.3, -0.25) is 0 Å². The number of hydrogen-bond donors (Lipinski definition) is 1. The summed E-state index contributed by atoms with van der Waals surface area (Å²) in [7, 11) is 0. The van der Waals surface area contributed by atoms with Crippen LogP contribution in [0.15, 0.2) is 29.2 Å². The molecule has 0 bridgehead atoms. The quantitative estimate of drug-likeness (QED) is 0.684. The average Bonchev–Trinajstić information content (AvgIpc) is 2.13. The van der Waals surface area contributed by atoms with E-state index in [9.17, 15) is 4.21 Å². The number of fused-ring (bicyclic) bond motifs is 1. The SMILES string of the molecule is CC1(C)NOS(=O)c2ccccc21. The van der Waals surface area contributed by atoms with Crippen LogP contribution in [0, 0.1) is 0 Å². The van der Waals surface area contributed by atoms with Crippen molar-refractivity contribution in [3.63, 3.8) is 0 Å². The second kappa shape index (κ2) is 2.90. The molecule has 0 radical (unpaired) electrons. The Bertz CT molecular complexity index is 362. The molecule has 1 aromatic rings. The molecule has 2 rings (SSSR count). The smallest absolute Gasteiger partial charge is 0.206 e. The number of nitrogens with one attached hydrogen (secondary N) is 1. The van der Waals surface area contributed by atoms with Gasteiger partial charge in [-0.05, 0) is 25.5 Å². The molecule has 13 heavy (non-hydrogen) atoms. The van der Waals surface area contributed by atoms with Gasteiger partial charge in [-0.15, -0.1) is 0 Å². The highest BCUT2D eigenvalue weighted by atomic mass is 32.2. The van der Waals surface area contributed by atoms with Crippen LogP contribution in [0.1, 0.15) is 19.4 Å². The van der Waals surface area contributed by atoms with Crippen molar-refractivity contribution < 1.29 is 8.49 Å². The Morgan fingerprint density at radius 2 is 2.08 bits per heavy atom. The minimum Gasteiger partial charge on any atom is -0.223 e. The molecule has 0 saturated carbocycles. The predicted molar refractivity (Wildman–Crippen MR) is 50.1 cm³/mol. The van der Waals surface area contributed by atoms with Crippen LogP contribution in [0.2, 0.25) is 0 Å². The standard InChI is InChI=1S/C9H11NO2S/c1-9(2)7-5-3-4-6-8(7)13(11)12-10-9/h3-6,10H,1-2H3. The lowest BCUT2D eigenvalue weighted by molar-refractivity contribution is 0.113. The molecule has 0 aromatic heterocycles. The van der Waals surface area contributed by atoms with E-state index >= 15 is 0 Å². The van der Waals surface area contributed by atoms with E-state index in [4.69, 9.17) is 4.28 Å². The van der Waals surface area contributed by atoms with E-state index in [0.29, 0.717) is 0 Å². The first-order chi connectivity index (χ1) is 6.11. The lowest BCUT2D eigenvalue weighted by atomic mass is 9.95. The summed E-state index contributed by atoms with van der Waals surface area (Å²) in [6.45, 7) is 3.98. The van der Waals surface area contributed by atoms with Crippen molar-refractivity contribution in [2.24, 2.45) is 0 Å². The molecule has 0 spiro atoms. The summed E-state index contributed by atoms with van der Waals surface area (Å²) in [5.41, 5.74) is 3.52. The number of rotatable bonds is 0. The van der Waals surface area contributed by atoms with Gasteiger partial charge in [-0.2, -0.15) is 9.76 Å². The largest absolute Gasteiger partial charge is 0.223 e. The highest BCUT2D eigenvalue weighted by molar-refractivity contribution is 7.80. The summed E-state index contributed by atoms with van der Waals surface area (Å²) in [6.07, 6.45) is 0. The first-order valence-corrected chi connectivity index (χ1v) is 5.14. The van der Waals surface area contributed by atoms with E-state index in [1.807, 2.05) is 38.1 Å². The van der Waals surface area contributed by atoms with Crippen LogP contribution in [-0.4, -0.2) is 4.21 Å². The van der Waals surface area contributed by atoms with E-state index in [2.05, 4.69) is 5.48 Å². The molecule has 3 nitrogen and oxygen atoms in total. The van der Waals surface area contributed by atoms with Crippen LogP contribution in [0.25, 0.3) is 0 Å². The van der Waals surface area contributed by atoms with Gasteiger partial charge in [-0.1, -0.05) is 18.2 Å². The maximum absolute atomic E-state index is 11.4. The molecule has 0 amide bonds. The topological polar surface area (TPSA) is 38.3 Å². The lowest BCUT2D eigenvalue weighted by Gasteiger charge is -2.31. The van der Waals surface area contributed by atoms with E-state index in [0.717, 1.165) is 10.5 Å². The third-order valence-electron chi connectivity index (χ3n) is 2.11. The van der Waals surface area contributed by atoms with Crippen molar-refractivity contribution in [2.45, 2.75) is 24.3 Å². The summed E-state index contributed by atoms with van der Waals surface area (Å²) < 4.78 is 16.3. The molecule has 0 aliphatic carbocycles. The van der Waals surface area contributed by atoms with Crippen LogP contribution in [0.3, 0.4) is 0 Å². The van der Waals surface area contributed by atoms with Gasteiger partial charge >= 0.3 is 0 Å². The molecule has 0 fully saturated rings. The fourth-order valence-electron chi connectivity index (χ4n) is 1.37. The summed E-state index contributed by atoms with van der Waals surface area (Å²) in [4.78, 5) is 0.756. The molecule has 1 aromatic carbocycles. The second-order valence-corrected chi connectivity index (χ2v) is 4.62. The minimum atomic E-state index is -1.37. The molecule has 0 saturated heterocycles. The lowest BCUT2D eigenvalue weighted by Crippen LogP contribution is -2.41. The third-order valence-corrected chi connectivity index (χ3v) is 3.06. The molecular weight excluding hydrogens is 186 g/mol. The molecule has 1 atom stereocenters. The Balaban J connectivity index is 2.61. The molecule has 1 unspecified atom stereocenters. The molecule has 1 N–H and O–H groups in total. The Labute approximate surface area is 79.7 Å². The van der Waals surface area contributed by atoms with Crippen molar-refractivity contribution in [1.82, 2.24) is 5.48 Å². The summed E-state index contributed by atoms with van der Waals surface area (Å²) >= 11 is -1.37. The van der Waals surface area contributed by atoms with Crippen LogP contribution < -0.4 is 5.48 Å². The van der Waals surface area contributed by atoms with Gasteiger partial charge in [0.2, 0.25) is 11.1 Å². The number of hydrogen-bond acceptors (Lipinski definition) is 3. The van der Waals surface area contributed by atoms with E-state index in [-0.39, 0.29) is 5.54 Å². The van der Waals surface area contributed by atoms with E-state index in [1.165, 1.54) is 0 Å². The Morgan fingerprint density at radius 3 is 2.77 bits per heavy atom. The van der Waals surface area contributed by atoms with Crippen molar-refractivity contribution in [1.29, 1.82) is 0 Å². The van der Waals surface area contributed by atoms with E-state index in [1.54, 1.807) is 0 Å². The van der Waals surface area contributed by atoms with Crippen LogP contribution >= 0.6 is 0 Å². The zero-order valence-electron chi connectivity index (χ0n) is 7.53. The zero-order valence-corrected chi connectivity index (χ0v) is 8.35. The molecule has 1 aliphatic rings. The Hall–Kier alpha value is -0.710. The highest BCUT2D eigenvalue weighted by Gasteiger charge is 2.31. The minimum absolute atomic E-state index is 0.273. The summed E-state index contributed by atoms with van der Waals surface area (Å²) in [6, 6.07) is 7.59. The number of hydroxylamine groups is 1. The third kappa shape index (κ3) is 1.41. The van der Waals surface area contributed by atoms with Crippen molar-refractivity contribution in [3.05, 3.63) is 29.8 Å². The van der Waals surface area contributed by atoms with Gasteiger partial charge in [0.1, 0.15) is 0 Å². The normalized spacial score (nSPS) is 25.2. The molecule has 4 heteroatoms. The van der Waals surface area contributed by atoms with Crippen molar-refractivity contribution in [2.75, 3.05) is 0 Å². The fourth-order valence-corrected chi connectivity index (χ4v) is 2.44. The zero-order chi connectivity index (χ0) is 9.47. The summed E-state index contributed by atoms with van der Waals surface area (Å²) in [5, 5.41) is 0. The summed E-state index contributed by atoms with van der Waals surface area (Å²) in [5.74, 6) is 0. The van der Waals surface area contributed by atoms with Crippen LogP contribution in [0.4, 0.5) is 0 Å². The molecule has 1 aliphatic heterocycles. The first-order valence-electron chi connectivity index (χ1n) is 4.07.